The number of benzene rings is 2. The van der Waals surface area contributed by atoms with Crippen LogP contribution in [-0.2, 0) is 17.7 Å². The number of fused-ring (bicyclic) bond motifs is 1. The van der Waals surface area contributed by atoms with E-state index in [1.165, 1.54) is 22.5 Å². The van der Waals surface area contributed by atoms with Crippen LogP contribution in [-0.4, -0.2) is 24.1 Å². The summed E-state index contributed by atoms with van der Waals surface area (Å²) in [6.45, 7) is 7.29. The van der Waals surface area contributed by atoms with Crippen LogP contribution in [0.15, 0.2) is 82.2 Å². The molecule has 0 unspecified atom stereocenters. The third-order valence-electron chi connectivity index (χ3n) is 5.61. The number of hydrogen-bond donors (Lipinski definition) is 0. The summed E-state index contributed by atoms with van der Waals surface area (Å²) in [4.78, 5) is 17.7. The molecule has 0 bridgehead atoms. The lowest BCUT2D eigenvalue weighted by atomic mass is 9.87. The van der Waals surface area contributed by atoms with Gasteiger partial charge < -0.3 is 0 Å². The Morgan fingerprint density at radius 2 is 1.76 bits per heavy atom. The molecule has 5 rings (SSSR count). The third-order valence-corrected chi connectivity index (χ3v) is 7.37. The second kappa shape index (κ2) is 9.19. The van der Waals surface area contributed by atoms with E-state index in [1.807, 2.05) is 23.6 Å². The van der Waals surface area contributed by atoms with Gasteiger partial charge in [0, 0.05) is 29.0 Å². The van der Waals surface area contributed by atoms with Gasteiger partial charge in [0.05, 0.1) is 12.2 Å². The summed E-state index contributed by atoms with van der Waals surface area (Å²) < 4.78 is 3.71. The van der Waals surface area contributed by atoms with Gasteiger partial charge in [-0.25, -0.2) is 4.98 Å². The van der Waals surface area contributed by atoms with Gasteiger partial charge in [-0.1, -0.05) is 87.1 Å². The SMILES string of the molecule is CC(C)(C)c1ccc(-c2nnc(SCc3cc(=O)n4ccsc4n3)n2Cc2ccccc2)cc1. The standard InChI is InChI=1S/C26H25N5OS2/c1-26(2,3)20-11-9-19(10-12-20)23-28-29-25(31(23)16-18-7-5-4-6-8-18)34-17-21-15-22(32)30-13-14-33-24(30)27-21/h4-15H,16-17H2,1-3H3. The van der Waals surface area contributed by atoms with Crippen LogP contribution in [0, 0.1) is 0 Å². The summed E-state index contributed by atoms with van der Waals surface area (Å²) in [5.41, 5.74) is 4.25. The van der Waals surface area contributed by atoms with Crippen LogP contribution in [0.1, 0.15) is 37.6 Å². The second-order valence-electron chi connectivity index (χ2n) is 9.14. The molecule has 34 heavy (non-hydrogen) atoms. The first-order chi connectivity index (χ1) is 16.4. The lowest BCUT2D eigenvalue weighted by Crippen LogP contribution is -2.12. The summed E-state index contributed by atoms with van der Waals surface area (Å²) >= 11 is 3.00. The second-order valence-corrected chi connectivity index (χ2v) is 11.0. The van der Waals surface area contributed by atoms with Gasteiger partial charge in [0.15, 0.2) is 15.9 Å². The highest BCUT2D eigenvalue weighted by Gasteiger charge is 2.18. The van der Waals surface area contributed by atoms with E-state index in [4.69, 9.17) is 0 Å². The Morgan fingerprint density at radius 1 is 1.00 bits per heavy atom. The van der Waals surface area contributed by atoms with Gasteiger partial charge in [-0.3, -0.25) is 13.8 Å². The Morgan fingerprint density at radius 3 is 2.50 bits per heavy atom. The lowest BCUT2D eigenvalue weighted by Gasteiger charge is -2.19. The van der Waals surface area contributed by atoms with Crippen molar-refractivity contribution in [3.63, 3.8) is 0 Å². The number of rotatable bonds is 6. The minimum Gasteiger partial charge on any atom is -0.298 e. The highest BCUT2D eigenvalue weighted by molar-refractivity contribution is 7.98. The Hall–Kier alpha value is -3.23. The van der Waals surface area contributed by atoms with Crippen LogP contribution >= 0.6 is 23.1 Å². The predicted octanol–water partition coefficient (Wildman–Crippen LogP) is 5.65. The van der Waals surface area contributed by atoms with Crippen molar-refractivity contribution in [2.45, 2.75) is 43.6 Å². The monoisotopic (exact) mass is 487 g/mol. The van der Waals surface area contributed by atoms with Crippen molar-refractivity contribution in [3.05, 3.63) is 99.4 Å². The predicted molar refractivity (Wildman–Crippen MR) is 139 cm³/mol. The maximum Gasteiger partial charge on any atom is 0.258 e. The van der Waals surface area contributed by atoms with Gasteiger partial charge in [-0.05, 0) is 16.5 Å². The van der Waals surface area contributed by atoms with Gasteiger partial charge in [0.2, 0.25) is 0 Å². The molecule has 6 nitrogen and oxygen atoms in total. The van der Waals surface area contributed by atoms with Crippen LogP contribution in [0.5, 0.6) is 0 Å². The molecule has 3 aromatic heterocycles. The Bertz CT molecular complexity index is 1480. The minimum atomic E-state index is -0.0628. The first-order valence-corrected chi connectivity index (χ1v) is 12.9. The minimum absolute atomic E-state index is 0.0628. The van der Waals surface area contributed by atoms with Crippen LogP contribution in [0.4, 0.5) is 0 Å². The largest absolute Gasteiger partial charge is 0.298 e. The molecule has 0 aliphatic carbocycles. The van der Waals surface area contributed by atoms with Crippen LogP contribution in [0.2, 0.25) is 0 Å². The van der Waals surface area contributed by atoms with Crippen molar-refractivity contribution in [3.8, 4) is 11.4 Å². The average molecular weight is 488 g/mol. The molecule has 0 atom stereocenters. The van der Waals surface area contributed by atoms with E-state index in [0.717, 1.165) is 22.2 Å². The van der Waals surface area contributed by atoms with Gasteiger partial charge in [0.1, 0.15) is 0 Å². The van der Waals surface area contributed by atoms with Gasteiger partial charge in [-0.15, -0.1) is 21.5 Å². The number of nitrogens with zero attached hydrogens (tertiary/aromatic N) is 5. The van der Waals surface area contributed by atoms with Crippen LogP contribution in [0.3, 0.4) is 0 Å². The first-order valence-electron chi connectivity index (χ1n) is 11.0. The molecule has 8 heteroatoms. The quantitative estimate of drug-likeness (QED) is 0.290. The summed E-state index contributed by atoms with van der Waals surface area (Å²) in [7, 11) is 0. The molecule has 0 aliphatic rings. The highest BCUT2D eigenvalue weighted by atomic mass is 32.2. The molecular weight excluding hydrogens is 462 g/mol. The van der Waals surface area contributed by atoms with E-state index in [0.29, 0.717) is 17.3 Å². The van der Waals surface area contributed by atoms with Crippen molar-refractivity contribution in [1.82, 2.24) is 24.1 Å². The fraction of sp³-hybridized carbons (Fsp3) is 0.231. The van der Waals surface area contributed by atoms with Gasteiger partial charge >= 0.3 is 0 Å². The highest BCUT2D eigenvalue weighted by Crippen LogP contribution is 2.29. The number of hydrogen-bond acceptors (Lipinski definition) is 6. The van der Waals surface area contributed by atoms with Crippen molar-refractivity contribution in [2.24, 2.45) is 0 Å². The molecule has 3 heterocycles. The molecule has 0 spiro atoms. The zero-order valence-electron chi connectivity index (χ0n) is 19.3. The molecule has 0 fully saturated rings. The maximum absolute atomic E-state index is 12.4. The zero-order chi connectivity index (χ0) is 23.7. The van der Waals surface area contributed by atoms with Gasteiger partial charge in [-0.2, -0.15) is 0 Å². The number of thiazole rings is 1. The molecule has 0 radical (unpaired) electrons. The molecular formula is C26H25N5OS2. The van der Waals surface area contributed by atoms with Crippen molar-refractivity contribution in [2.75, 3.05) is 0 Å². The van der Waals surface area contributed by atoms with Gasteiger partial charge in [0.25, 0.3) is 5.56 Å². The van der Waals surface area contributed by atoms with Crippen molar-refractivity contribution >= 4 is 28.1 Å². The van der Waals surface area contributed by atoms with E-state index in [-0.39, 0.29) is 11.0 Å². The molecule has 5 aromatic rings. The van der Waals surface area contributed by atoms with E-state index >= 15 is 0 Å². The third kappa shape index (κ3) is 4.69. The van der Waals surface area contributed by atoms with Crippen LogP contribution in [0.25, 0.3) is 16.3 Å². The average Bonchev–Trinajstić information content (AvgIpc) is 3.45. The Labute approximate surface area is 206 Å². The number of thioether (sulfide) groups is 1. The van der Waals surface area contributed by atoms with E-state index in [2.05, 4.69) is 76.9 Å². The number of aromatic nitrogens is 5. The molecule has 0 amide bonds. The van der Waals surface area contributed by atoms with E-state index < -0.39 is 0 Å². The molecule has 0 N–H and O–H groups in total. The van der Waals surface area contributed by atoms with Crippen molar-refractivity contribution in [1.29, 1.82) is 0 Å². The fourth-order valence-corrected chi connectivity index (χ4v) is 5.31. The fourth-order valence-electron chi connectivity index (χ4n) is 3.74. The first kappa shape index (κ1) is 22.6. The summed E-state index contributed by atoms with van der Waals surface area (Å²) in [6.07, 6.45) is 1.75. The van der Waals surface area contributed by atoms with Crippen LogP contribution < -0.4 is 5.56 Å². The summed E-state index contributed by atoms with van der Waals surface area (Å²) in [5.74, 6) is 1.37. The van der Waals surface area contributed by atoms with E-state index in [1.54, 1.807) is 28.4 Å². The molecule has 0 aliphatic heterocycles. The zero-order valence-corrected chi connectivity index (χ0v) is 20.9. The summed E-state index contributed by atoms with van der Waals surface area (Å²) in [5, 5.41) is 11.7. The topological polar surface area (TPSA) is 65.1 Å². The maximum atomic E-state index is 12.4. The summed E-state index contributed by atoms with van der Waals surface area (Å²) in [6, 6.07) is 20.5. The smallest absolute Gasteiger partial charge is 0.258 e. The normalized spacial score (nSPS) is 11.9. The van der Waals surface area contributed by atoms with E-state index in [9.17, 15) is 4.79 Å². The molecule has 0 saturated heterocycles. The molecule has 2 aromatic carbocycles. The van der Waals surface area contributed by atoms with Crippen molar-refractivity contribution < 1.29 is 0 Å². The lowest BCUT2D eigenvalue weighted by molar-refractivity contribution is 0.590. The molecule has 0 saturated carbocycles. The Kier molecular flexibility index (Phi) is 6.10. The molecule has 172 valence electrons. The Balaban J connectivity index is 1.47.